The molecule has 1 aliphatic rings. The first-order valence-electron chi connectivity index (χ1n) is 5.91. The van der Waals surface area contributed by atoms with Crippen molar-refractivity contribution in [3.63, 3.8) is 0 Å². The summed E-state index contributed by atoms with van der Waals surface area (Å²) in [6, 6.07) is 0. The first-order valence-corrected chi connectivity index (χ1v) is 5.91. The van der Waals surface area contributed by atoms with Gasteiger partial charge >= 0.3 is 5.97 Å². The molecule has 1 fully saturated rings. The molecule has 1 heterocycles. The lowest BCUT2D eigenvalue weighted by atomic mass is 9.89. The second-order valence-electron chi connectivity index (χ2n) is 4.26. The minimum absolute atomic E-state index is 0.0141. The fourth-order valence-corrected chi connectivity index (χ4v) is 1.87. The van der Waals surface area contributed by atoms with Crippen LogP contribution in [0.1, 0.15) is 46.0 Å². The van der Waals surface area contributed by atoms with Crippen molar-refractivity contribution < 1.29 is 19.1 Å². The van der Waals surface area contributed by atoms with Crippen LogP contribution in [-0.2, 0) is 19.1 Å². The van der Waals surface area contributed by atoms with Crippen LogP contribution in [0.25, 0.3) is 0 Å². The summed E-state index contributed by atoms with van der Waals surface area (Å²) in [4.78, 5) is 23.0. The van der Waals surface area contributed by atoms with Gasteiger partial charge in [0.15, 0.2) is 5.78 Å². The highest BCUT2D eigenvalue weighted by atomic mass is 16.5. The van der Waals surface area contributed by atoms with E-state index >= 15 is 0 Å². The highest BCUT2D eigenvalue weighted by Crippen LogP contribution is 2.26. The van der Waals surface area contributed by atoms with E-state index in [0.717, 1.165) is 19.3 Å². The van der Waals surface area contributed by atoms with E-state index in [1.165, 1.54) is 0 Å². The van der Waals surface area contributed by atoms with Gasteiger partial charge in [0, 0.05) is 13.0 Å². The van der Waals surface area contributed by atoms with Gasteiger partial charge in [-0.2, -0.15) is 0 Å². The molecule has 1 unspecified atom stereocenters. The standard InChI is InChI=1S/C12H20O4/c1-3-15-11(14)7-6-10(13)12(2)8-4-5-9-16-12/h3-9H2,1-2H3. The van der Waals surface area contributed by atoms with Gasteiger partial charge in [-0.3, -0.25) is 9.59 Å². The Bertz CT molecular complexity index is 254. The molecule has 0 amide bonds. The number of carbonyl (C=O) groups is 2. The van der Waals surface area contributed by atoms with E-state index < -0.39 is 5.60 Å². The smallest absolute Gasteiger partial charge is 0.306 e. The average molecular weight is 228 g/mol. The van der Waals surface area contributed by atoms with Gasteiger partial charge in [-0.1, -0.05) is 0 Å². The summed E-state index contributed by atoms with van der Waals surface area (Å²) < 4.78 is 10.3. The zero-order chi connectivity index (χ0) is 12.0. The largest absolute Gasteiger partial charge is 0.466 e. The van der Waals surface area contributed by atoms with Crippen LogP contribution in [0.2, 0.25) is 0 Å². The van der Waals surface area contributed by atoms with Crippen molar-refractivity contribution in [2.24, 2.45) is 0 Å². The Morgan fingerprint density at radius 1 is 1.31 bits per heavy atom. The summed E-state index contributed by atoms with van der Waals surface area (Å²) in [6.07, 6.45) is 3.16. The summed E-state index contributed by atoms with van der Waals surface area (Å²) >= 11 is 0. The number of Topliss-reactive ketones (excluding diaryl/α,β-unsaturated/α-hetero) is 1. The molecule has 1 aliphatic heterocycles. The molecule has 1 atom stereocenters. The molecule has 0 N–H and O–H groups in total. The lowest BCUT2D eigenvalue weighted by Gasteiger charge is -2.32. The van der Waals surface area contributed by atoms with E-state index in [2.05, 4.69) is 0 Å². The van der Waals surface area contributed by atoms with Crippen molar-refractivity contribution in [3.05, 3.63) is 0 Å². The van der Waals surface area contributed by atoms with Crippen LogP contribution in [0.5, 0.6) is 0 Å². The van der Waals surface area contributed by atoms with E-state index in [1.807, 2.05) is 6.92 Å². The Morgan fingerprint density at radius 2 is 2.06 bits per heavy atom. The van der Waals surface area contributed by atoms with Crippen molar-refractivity contribution in [2.45, 2.75) is 51.6 Å². The van der Waals surface area contributed by atoms with Crippen LogP contribution in [0.15, 0.2) is 0 Å². The maximum Gasteiger partial charge on any atom is 0.306 e. The predicted octanol–water partition coefficient (Wildman–Crippen LogP) is 1.86. The predicted molar refractivity (Wildman–Crippen MR) is 59.1 cm³/mol. The van der Waals surface area contributed by atoms with Gasteiger partial charge in [0.2, 0.25) is 0 Å². The molecule has 92 valence electrons. The Kier molecular flexibility index (Phi) is 4.93. The zero-order valence-corrected chi connectivity index (χ0v) is 10.1. The molecule has 1 rings (SSSR count). The molecule has 0 spiro atoms. The third-order valence-corrected chi connectivity index (χ3v) is 2.92. The van der Waals surface area contributed by atoms with Gasteiger partial charge < -0.3 is 9.47 Å². The van der Waals surface area contributed by atoms with Crippen LogP contribution in [0.3, 0.4) is 0 Å². The normalized spacial score (nSPS) is 25.1. The summed E-state index contributed by atoms with van der Waals surface area (Å²) in [5.74, 6) is -0.296. The van der Waals surface area contributed by atoms with E-state index in [4.69, 9.17) is 9.47 Å². The lowest BCUT2D eigenvalue weighted by Crippen LogP contribution is -2.41. The minimum Gasteiger partial charge on any atom is -0.466 e. The number of rotatable bonds is 5. The van der Waals surface area contributed by atoms with Crippen molar-refractivity contribution in [1.82, 2.24) is 0 Å². The molecule has 0 aromatic heterocycles. The van der Waals surface area contributed by atoms with Crippen molar-refractivity contribution in [1.29, 1.82) is 0 Å². The number of ketones is 1. The first kappa shape index (κ1) is 13.2. The van der Waals surface area contributed by atoms with Gasteiger partial charge in [-0.15, -0.1) is 0 Å². The molecule has 1 saturated heterocycles. The van der Waals surface area contributed by atoms with Crippen LogP contribution in [0, 0.1) is 0 Å². The third kappa shape index (κ3) is 3.59. The maximum atomic E-state index is 11.9. The van der Waals surface area contributed by atoms with Crippen molar-refractivity contribution in [3.8, 4) is 0 Å². The number of hydrogen-bond acceptors (Lipinski definition) is 4. The van der Waals surface area contributed by atoms with Crippen molar-refractivity contribution >= 4 is 11.8 Å². The van der Waals surface area contributed by atoms with Gasteiger partial charge in [0.1, 0.15) is 5.60 Å². The lowest BCUT2D eigenvalue weighted by molar-refractivity contribution is -0.152. The number of ether oxygens (including phenoxy) is 2. The van der Waals surface area contributed by atoms with Gasteiger partial charge in [0.05, 0.1) is 13.0 Å². The van der Waals surface area contributed by atoms with Gasteiger partial charge in [0.25, 0.3) is 0 Å². The fourth-order valence-electron chi connectivity index (χ4n) is 1.87. The second-order valence-corrected chi connectivity index (χ2v) is 4.26. The third-order valence-electron chi connectivity index (χ3n) is 2.92. The molecule has 0 aromatic carbocycles. The van der Waals surface area contributed by atoms with Crippen LogP contribution < -0.4 is 0 Å². The van der Waals surface area contributed by atoms with E-state index in [-0.39, 0.29) is 24.6 Å². The van der Waals surface area contributed by atoms with Crippen LogP contribution in [0.4, 0.5) is 0 Å². The molecule has 4 nitrogen and oxygen atoms in total. The summed E-state index contributed by atoms with van der Waals surface area (Å²) in [5, 5.41) is 0. The summed E-state index contributed by atoms with van der Waals surface area (Å²) in [6.45, 7) is 4.58. The van der Waals surface area contributed by atoms with Crippen molar-refractivity contribution in [2.75, 3.05) is 13.2 Å². The Balaban J connectivity index is 2.36. The maximum absolute atomic E-state index is 11.9. The summed E-state index contributed by atoms with van der Waals surface area (Å²) in [5.41, 5.74) is -0.676. The first-order chi connectivity index (χ1) is 7.58. The van der Waals surface area contributed by atoms with E-state index in [1.54, 1.807) is 6.92 Å². The van der Waals surface area contributed by atoms with Gasteiger partial charge in [-0.25, -0.2) is 0 Å². The number of esters is 1. The van der Waals surface area contributed by atoms with Crippen LogP contribution >= 0.6 is 0 Å². The molecule has 4 heteroatoms. The van der Waals surface area contributed by atoms with Gasteiger partial charge in [-0.05, 0) is 33.1 Å². The highest BCUT2D eigenvalue weighted by molar-refractivity contribution is 5.89. The molecule has 0 aromatic rings. The van der Waals surface area contributed by atoms with E-state index in [0.29, 0.717) is 13.2 Å². The monoisotopic (exact) mass is 228 g/mol. The Hall–Kier alpha value is -0.900. The van der Waals surface area contributed by atoms with E-state index in [9.17, 15) is 9.59 Å². The number of carbonyl (C=O) groups excluding carboxylic acids is 2. The quantitative estimate of drug-likeness (QED) is 0.674. The molecule has 0 aliphatic carbocycles. The summed E-state index contributed by atoms with van der Waals surface area (Å²) in [7, 11) is 0. The molecule has 16 heavy (non-hydrogen) atoms. The molecule has 0 saturated carbocycles. The average Bonchev–Trinajstić information content (AvgIpc) is 2.27. The Labute approximate surface area is 96.3 Å². The Morgan fingerprint density at radius 3 is 2.62 bits per heavy atom. The minimum atomic E-state index is -0.676. The molecule has 0 bridgehead atoms. The molecular formula is C12H20O4. The zero-order valence-electron chi connectivity index (χ0n) is 10.1. The molecule has 0 radical (unpaired) electrons. The second kappa shape index (κ2) is 5.99. The highest BCUT2D eigenvalue weighted by Gasteiger charge is 2.35. The van der Waals surface area contributed by atoms with Crippen LogP contribution in [-0.4, -0.2) is 30.6 Å². The number of hydrogen-bond donors (Lipinski definition) is 0. The topological polar surface area (TPSA) is 52.6 Å². The molecular weight excluding hydrogens is 208 g/mol. The SMILES string of the molecule is CCOC(=O)CCC(=O)C1(C)CCCCO1. The fraction of sp³-hybridized carbons (Fsp3) is 0.833.